The second-order valence-corrected chi connectivity index (χ2v) is 5.79. The average Bonchev–Trinajstić information content (AvgIpc) is 3.19. The molecule has 1 aromatic rings. The molecule has 1 N–H and O–H groups in total. The molecule has 0 saturated heterocycles. The third kappa shape index (κ3) is 3.99. The summed E-state index contributed by atoms with van der Waals surface area (Å²) in [5.74, 6) is 1.32. The zero-order valence-corrected chi connectivity index (χ0v) is 12.6. The normalized spacial score (nSPS) is 15.9. The number of ether oxygens (including phenoxy) is 1. The number of hydrogen-bond donors (Lipinski definition) is 1. The number of rotatable bonds is 6. The lowest BCUT2D eigenvalue weighted by molar-refractivity contribution is 0.414. The minimum atomic E-state index is 0.493. The summed E-state index contributed by atoms with van der Waals surface area (Å²) in [7, 11) is 1.68. The van der Waals surface area contributed by atoms with Crippen molar-refractivity contribution < 1.29 is 4.74 Å². The molecule has 0 aromatic heterocycles. The molecule has 0 radical (unpaired) electrons. The first kappa shape index (κ1) is 14.4. The molecule has 3 heteroatoms. The molecule has 1 aliphatic rings. The highest BCUT2D eigenvalue weighted by molar-refractivity contribution is 6.32. The van der Waals surface area contributed by atoms with E-state index in [1.54, 1.807) is 7.11 Å². The van der Waals surface area contributed by atoms with Gasteiger partial charge in [-0.05, 0) is 37.0 Å². The van der Waals surface area contributed by atoms with Gasteiger partial charge in [0.05, 0.1) is 12.1 Å². The van der Waals surface area contributed by atoms with Crippen LogP contribution in [-0.2, 0) is 0 Å². The predicted molar refractivity (Wildman–Crippen MR) is 81.8 cm³/mol. The number of nitrogens with one attached hydrogen (secondary N) is 1. The van der Waals surface area contributed by atoms with Gasteiger partial charge < -0.3 is 10.1 Å². The zero-order valence-electron chi connectivity index (χ0n) is 11.9. The lowest BCUT2D eigenvalue weighted by Crippen LogP contribution is -2.21. The Morgan fingerprint density at radius 2 is 2.21 bits per heavy atom. The van der Waals surface area contributed by atoms with Crippen molar-refractivity contribution in [1.82, 2.24) is 5.32 Å². The fourth-order valence-corrected chi connectivity index (χ4v) is 2.21. The van der Waals surface area contributed by atoms with Crippen molar-refractivity contribution in [3.05, 3.63) is 34.4 Å². The van der Waals surface area contributed by atoms with Crippen LogP contribution in [0.15, 0.2) is 23.8 Å². The van der Waals surface area contributed by atoms with Gasteiger partial charge >= 0.3 is 0 Å². The maximum Gasteiger partial charge on any atom is 0.127 e. The molecule has 0 aliphatic heterocycles. The van der Waals surface area contributed by atoms with Crippen molar-refractivity contribution in [3.8, 4) is 5.75 Å². The largest absolute Gasteiger partial charge is 0.496 e. The molecule has 0 heterocycles. The summed E-state index contributed by atoms with van der Waals surface area (Å²) >= 11 is 6.29. The molecule has 19 heavy (non-hydrogen) atoms. The lowest BCUT2D eigenvalue weighted by Gasteiger charge is -2.14. The maximum atomic E-state index is 6.29. The highest BCUT2D eigenvalue weighted by Gasteiger charge is 2.21. The second-order valence-electron chi connectivity index (χ2n) is 5.38. The van der Waals surface area contributed by atoms with Gasteiger partial charge in [-0.15, -0.1) is 0 Å². The van der Waals surface area contributed by atoms with Gasteiger partial charge in [-0.25, -0.2) is 0 Å². The molecule has 1 fully saturated rings. The van der Waals surface area contributed by atoms with Gasteiger partial charge in [-0.3, -0.25) is 0 Å². The monoisotopic (exact) mass is 279 g/mol. The molecule has 0 spiro atoms. The van der Waals surface area contributed by atoms with Crippen molar-refractivity contribution >= 4 is 17.7 Å². The van der Waals surface area contributed by atoms with Crippen molar-refractivity contribution in [2.75, 3.05) is 13.7 Å². The Labute approximate surface area is 120 Å². The van der Waals surface area contributed by atoms with Crippen LogP contribution >= 0.6 is 11.6 Å². The van der Waals surface area contributed by atoms with Crippen molar-refractivity contribution in [2.24, 2.45) is 5.92 Å². The Kier molecular flexibility index (Phi) is 4.89. The SMILES string of the molecule is COc1cccc(Cl)c1/C=C(/CNC1CC1)C(C)C. The Hall–Kier alpha value is -0.990. The summed E-state index contributed by atoms with van der Waals surface area (Å²) in [4.78, 5) is 0. The summed E-state index contributed by atoms with van der Waals surface area (Å²) in [5.41, 5.74) is 2.34. The first-order chi connectivity index (χ1) is 9.11. The van der Waals surface area contributed by atoms with Crippen LogP contribution in [0.5, 0.6) is 5.75 Å². The van der Waals surface area contributed by atoms with E-state index in [2.05, 4.69) is 25.2 Å². The Morgan fingerprint density at radius 3 is 2.79 bits per heavy atom. The van der Waals surface area contributed by atoms with E-state index in [1.807, 2.05) is 18.2 Å². The van der Waals surface area contributed by atoms with E-state index in [1.165, 1.54) is 18.4 Å². The number of hydrogen-bond acceptors (Lipinski definition) is 2. The second kappa shape index (κ2) is 6.44. The van der Waals surface area contributed by atoms with Crippen molar-refractivity contribution in [3.63, 3.8) is 0 Å². The Balaban J connectivity index is 2.23. The predicted octanol–water partition coefficient (Wildman–Crippen LogP) is 4.14. The molecule has 0 atom stereocenters. The van der Waals surface area contributed by atoms with Crippen molar-refractivity contribution in [2.45, 2.75) is 32.7 Å². The van der Waals surface area contributed by atoms with Crippen LogP contribution in [0, 0.1) is 5.92 Å². The van der Waals surface area contributed by atoms with Gasteiger partial charge in [0, 0.05) is 18.2 Å². The van der Waals surface area contributed by atoms with Gasteiger partial charge in [0.2, 0.25) is 0 Å². The molecular formula is C16H22ClNO. The number of methoxy groups -OCH3 is 1. The molecule has 1 aromatic carbocycles. The highest BCUT2D eigenvalue weighted by Crippen LogP contribution is 2.30. The lowest BCUT2D eigenvalue weighted by atomic mass is 9.99. The Morgan fingerprint density at radius 1 is 1.47 bits per heavy atom. The quantitative estimate of drug-likeness (QED) is 0.845. The van der Waals surface area contributed by atoms with Gasteiger partial charge in [-0.2, -0.15) is 0 Å². The topological polar surface area (TPSA) is 21.3 Å². The van der Waals surface area contributed by atoms with Crippen LogP contribution < -0.4 is 10.1 Å². The van der Waals surface area contributed by atoms with E-state index < -0.39 is 0 Å². The molecule has 0 amide bonds. The van der Waals surface area contributed by atoms with E-state index in [4.69, 9.17) is 16.3 Å². The molecule has 1 aliphatic carbocycles. The number of halogens is 1. The van der Waals surface area contributed by atoms with Crippen LogP contribution in [0.2, 0.25) is 5.02 Å². The van der Waals surface area contributed by atoms with E-state index in [0.29, 0.717) is 5.92 Å². The molecule has 2 nitrogen and oxygen atoms in total. The van der Waals surface area contributed by atoms with Crippen LogP contribution in [0.25, 0.3) is 6.08 Å². The van der Waals surface area contributed by atoms with Gasteiger partial charge in [0.15, 0.2) is 0 Å². The van der Waals surface area contributed by atoms with Crippen LogP contribution in [0.4, 0.5) is 0 Å². The summed E-state index contributed by atoms with van der Waals surface area (Å²) < 4.78 is 5.40. The third-order valence-electron chi connectivity index (χ3n) is 3.48. The molecule has 2 rings (SSSR count). The van der Waals surface area contributed by atoms with E-state index in [9.17, 15) is 0 Å². The van der Waals surface area contributed by atoms with Gasteiger partial charge in [0.1, 0.15) is 5.75 Å². The fourth-order valence-electron chi connectivity index (χ4n) is 1.99. The molecular weight excluding hydrogens is 258 g/mol. The fraction of sp³-hybridized carbons (Fsp3) is 0.500. The van der Waals surface area contributed by atoms with Crippen LogP contribution in [0.3, 0.4) is 0 Å². The standard InChI is InChI=1S/C16H22ClNO/c1-11(2)12(10-18-13-7-8-13)9-14-15(17)5-4-6-16(14)19-3/h4-6,9,11,13,18H,7-8,10H2,1-3H3/b12-9-. The van der Waals surface area contributed by atoms with Crippen LogP contribution in [0.1, 0.15) is 32.3 Å². The molecule has 1 saturated carbocycles. The minimum Gasteiger partial charge on any atom is -0.496 e. The third-order valence-corrected chi connectivity index (χ3v) is 3.81. The Bertz CT molecular complexity index is 464. The van der Waals surface area contributed by atoms with Gasteiger partial charge in [-0.1, -0.05) is 37.1 Å². The summed E-state index contributed by atoms with van der Waals surface area (Å²) in [6.07, 6.45) is 4.78. The first-order valence-corrected chi connectivity index (χ1v) is 7.26. The zero-order chi connectivity index (χ0) is 13.8. The van der Waals surface area contributed by atoms with E-state index in [0.717, 1.165) is 28.9 Å². The molecule has 0 bridgehead atoms. The summed E-state index contributed by atoms with van der Waals surface area (Å²) in [6.45, 7) is 5.35. The molecule has 104 valence electrons. The van der Waals surface area contributed by atoms with Crippen molar-refractivity contribution in [1.29, 1.82) is 0 Å². The van der Waals surface area contributed by atoms with E-state index >= 15 is 0 Å². The van der Waals surface area contributed by atoms with Crippen LogP contribution in [-0.4, -0.2) is 19.7 Å². The maximum absolute atomic E-state index is 6.29. The summed E-state index contributed by atoms with van der Waals surface area (Å²) in [5, 5.41) is 4.30. The van der Waals surface area contributed by atoms with Gasteiger partial charge in [0.25, 0.3) is 0 Å². The smallest absolute Gasteiger partial charge is 0.127 e. The number of benzene rings is 1. The minimum absolute atomic E-state index is 0.493. The average molecular weight is 280 g/mol. The molecule has 0 unspecified atom stereocenters. The highest BCUT2D eigenvalue weighted by atomic mass is 35.5. The summed E-state index contributed by atoms with van der Waals surface area (Å²) in [6, 6.07) is 6.48. The van der Waals surface area contributed by atoms with E-state index in [-0.39, 0.29) is 0 Å². The first-order valence-electron chi connectivity index (χ1n) is 6.88.